The second-order valence-corrected chi connectivity index (χ2v) is 9.77. The fourth-order valence-electron chi connectivity index (χ4n) is 5.15. The number of aryl methyl sites for hydroxylation is 1. The highest BCUT2D eigenvalue weighted by atomic mass is 16.5. The first-order valence-electron chi connectivity index (χ1n) is 13.2. The third kappa shape index (κ3) is 5.19. The summed E-state index contributed by atoms with van der Waals surface area (Å²) in [5, 5.41) is 0. The lowest BCUT2D eigenvalue weighted by Crippen LogP contribution is -2.25. The molecule has 0 aliphatic carbocycles. The SMILES string of the molecule is CCC(C)c1ccc(OCCCn2c(C3CC(=O)N(c4ccccc4OC)C3)nc3ccccc32)cc1. The lowest BCUT2D eigenvalue weighted by atomic mass is 9.99. The monoisotopic (exact) mass is 497 g/mol. The van der Waals surface area contributed by atoms with E-state index < -0.39 is 0 Å². The fraction of sp³-hybridized carbons (Fsp3) is 0.355. The van der Waals surface area contributed by atoms with Crippen LogP contribution in [-0.2, 0) is 11.3 Å². The predicted octanol–water partition coefficient (Wildman–Crippen LogP) is 6.55. The molecular formula is C31H35N3O3. The number of imidazole rings is 1. The van der Waals surface area contributed by atoms with Gasteiger partial charge in [-0.2, -0.15) is 0 Å². The molecule has 0 saturated carbocycles. The summed E-state index contributed by atoms with van der Waals surface area (Å²) >= 11 is 0. The Morgan fingerprint density at radius 2 is 1.78 bits per heavy atom. The number of nitrogens with zero attached hydrogens (tertiary/aromatic N) is 3. The minimum Gasteiger partial charge on any atom is -0.495 e. The van der Waals surface area contributed by atoms with Crippen LogP contribution >= 0.6 is 0 Å². The number of aromatic nitrogens is 2. The predicted molar refractivity (Wildman–Crippen MR) is 148 cm³/mol. The van der Waals surface area contributed by atoms with Crippen LogP contribution < -0.4 is 14.4 Å². The second kappa shape index (κ2) is 11.1. The first kappa shape index (κ1) is 24.9. The van der Waals surface area contributed by atoms with Crippen molar-refractivity contribution in [3.8, 4) is 11.5 Å². The van der Waals surface area contributed by atoms with Gasteiger partial charge in [0.2, 0.25) is 5.91 Å². The minimum absolute atomic E-state index is 0.0128. The first-order valence-corrected chi connectivity index (χ1v) is 13.2. The number of carbonyl (C=O) groups is 1. The highest BCUT2D eigenvalue weighted by Crippen LogP contribution is 2.37. The molecule has 5 rings (SSSR count). The van der Waals surface area contributed by atoms with Crippen molar-refractivity contribution in [2.75, 3.05) is 25.2 Å². The van der Waals surface area contributed by atoms with E-state index in [1.165, 1.54) is 5.56 Å². The molecule has 1 amide bonds. The highest BCUT2D eigenvalue weighted by molar-refractivity contribution is 5.97. The molecule has 0 spiro atoms. The molecule has 4 aromatic rings. The lowest BCUT2D eigenvalue weighted by molar-refractivity contribution is -0.117. The van der Waals surface area contributed by atoms with E-state index in [2.05, 4.69) is 48.7 Å². The number of hydrogen-bond donors (Lipinski definition) is 0. The number of para-hydroxylation sites is 4. The topological polar surface area (TPSA) is 56.6 Å². The largest absolute Gasteiger partial charge is 0.495 e. The van der Waals surface area contributed by atoms with Gasteiger partial charge in [-0.05, 0) is 60.7 Å². The summed E-state index contributed by atoms with van der Waals surface area (Å²) in [6.45, 7) is 6.43. The molecule has 37 heavy (non-hydrogen) atoms. The zero-order valence-corrected chi connectivity index (χ0v) is 21.9. The van der Waals surface area contributed by atoms with E-state index in [4.69, 9.17) is 14.5 Å². The van der Waals surface area contributed by atoms with Crippen molar-refractivity contribution < 1.29 is 14.3 Å². The van der Waals surface area contributed by atoms with Gasteiger partial charge in [0.15, 0.2) is 0 Å². The molecule has 2 heterocycles. The van der Waals surface area contributed by atoms with Crippen LogP contribution in [0.1, 0.15) is 56.3 Å². The van der Waals surface area contributed by atoms with Crippen LogP contribution in [0, 0.1) is 0 Å². The number of fused-ring (bicyclic) bond motifs is 1. The summed E-state index contributed by atoms with van der Waals surface area (Å²) in [5.41, 5.74) is 4.21. The third-order valence-electron chi connectivity index (χ3n) is 7.41. The van der Waals surface area contributed by atoms with Crippen molar-refractivity contribution in [2.24, 2.45) is 0 Å². The molecule has 6 heteroatoms. The fourth-order valence-corrected chi connectivity index (χ4v) is 5.15. The van der Waals surface area contributed by atoms with Gasteiger partial charge in [0.05, 0.1) is 30.4 Å². The molecule has 1 aliphatic heterocycles. The highest BCUT2D eigenvalue weighted by Gasteiger charge is 2.35. The summed E-state index contributed by atoms with van der Waals surface area (Å²) in [6.07, 6.45) is 2.41. The van der Waals surface area contributed by atoms with Crippen LogP contribution in [-0.4, -0.2) is 35.7 Å². The van der Waals surface area contributed by atoms with E-state index in [1.807, 2.05) is 47.4 Å². The summed E-state index contributed by atoms with van der Waals surface area (Å²) in [6, 6.07) is 24.3. The molecule has 0 bridgehead atoms. The number of rotatable bonds is 10. The molecule has 192 valence electrons. The summed E-state index contributed by atoms with van der Waals surface area (Å²) < 4.78 is 13.8. The lowest BCUT2D eigenvalue weighted by Gasteiger charge is -2.20. The normalized spacial score (nSPS) is 16.4. The molecule has 2 atom stereocenters. The van der Waals surface area contributed by atoms with Crippen molar-refractivity contribution in [1.29, 1.82) is 0 Å². The average molecular weight is 498 g/mol. The van der Waals surface area contributed by atoms with Gasteiger partial charge in [0.1, 0.15) is 17.3 Å². The van der Waals surface area contributed by atoms with Crippen LogP contribution in [0.4, 0.5) is 5.69 Å². The van der Waals surface area contributed by atoms with Gasteiger partial charge >= 0.3 is 0 Å². The van der Waals surface area contributed by atoms with Crippen molar-refractivity contribution in [3.63, 3.8) is 0 Å². The molecule has 0 N–H and O–H groups in total. The van der Waals surface area contributed by atoms with Gasteiger partial charge < -0.3 is 18.9 Å². The van der Waals surface area contributed by atoms with Gasteiger partial charge in [-0.15, -0.1) is 0 Å². The van der Waals surface area contributed by atoms with E-state index in [1.54, 1.807) is 7.11 Å². The third-order valence-corrected chi connectivity index (χ3v) is 7.41. The zero-order valence-electron chi connectivity index (χ0n) is 21.9. The molecule has 2 unspecified atom stereocenters. The standard InChI is InChI=1S/C31H35N3O3/c1-4-22(2)23-14-16-25(17-15-23)37-19-9-18-33-27-11-6-5-10-26(27)32-31(33)24-20-30(35)34(21-24)28-12-7-8-13-29(28)36-3/h5-8,10-17,22,24H,4,9,18-21H2,1-3H3. The minimum atomic E-state index is 0.0128. The molecule has 1 aromatic heterocycles. The maximum atomic E-state index is 13.1. The van der Waals surface area contributed by atoms with Gasteiger partial charge in [-0.25, -0.2) is 4.98 Å². The Balaban J connectivity index is 1.30. The maximum Gasteiger partial charge on any atom is 0.227 e. The Morgan fingerprint density at radius 3 is 2.57 bits per heavy atom. The second-order valence-electron chi connectivity index (χ2n) is 9.77. The van der Waals surface area contributed by atoms with Crippen LogP contribution in [0.5, 0.6) is 11.5 Å². The maximum absolute atomic E-state index is 13.1. The van der Waals surface area contributed by atoms with Crippen LogP contribution in [0.3, 0.4) is 0 Å². The van der Waals surface area contributed by atoms with E-state index in [0.29, 0.717) is 31.2 Å². The number of amides is 1. The molecule has 3 aromatic carbocycles. The summed E-state index contributed by atoms with van der Waals surface area (Å²) in [5.74, 6) is 3.24. The van der Waals surface area contributed by atoms with E-state index >= 15 is 0 Å². The molecular weight excluding hydrogens is 462 g/mol. The zero-order chi connectivity index (χ0) is 25.8. The van der Waals surface area contributed by atoms with E-state index in [9.17, 15) is 4.79 Å². The number of ether oxygens (including phenoxy) is 2. The van der Waals surface area contributed by atoms with E-state index in [-0.39, 0.29) is 11.8 Å². The van der Waals surface area contributed by atoms with Gasteiger partial charge in [0.25, 0.3) is 0 Å². The molecule has 1 aliphatic rings. The average Bonchev–Trinajstić information content (AvgIpc) is 3.51. The van der Waals surface area contributed by atoms with Crippen LogP contribution in [0.25, 0.3) is 11.0 Å². The van der Waals surface area contributed by atoms with Gasteiger partial charge in [0, 0.05) is 25.4 Å². The smallest absolute Gasteiger partial charge is 0.227 e. The first-order chi connectivity index (χ1) is 18.1. The summed E-state index contributed by atoms with van der Waals surface area (Å²) in [7, 11) is 1.64. The summed E-state index contributed by atoms with van der Waals surface area (Å²) in [4.78, 5) is 19.9. The van der Waals surface area contributed by atoms with Gasteiger partial charge in [-0.3, -0.25) is 4.79 Å². The Bertz CT molecular complexity index is 1360. The Labute approximate surface area is 218 Å². The van der Waals surface area contributed by atoms with Crippen molar-refractivity contribution in [1.82, 2.24) is 9.55 Å². The molecule has 1 saturated heterocycles. The number of carbonyl (C=O) groups excluding carboxylic acids is 1. The Hall–Kier alpha value is -3.80. The number of hydrogen-bond acceptors (Lipinski definition) is 4. The van der Waals surface area contributed by atoms with Gasteiger partial charge in [-0.1, -0.05) is 50.2 Å². The number of benzene rings is 3. The molecule has 0 radical (unpaired) electrons. The van der Waals surface area contributed by atoms with Crippen LogP contribution in [0.15, 0.2) is 72.8 Å². The van der Waals surface area contributed by atoms with E-state index in [0.717, 1.165) is 47.7 Å². The van der Waals surface area contributed by atoms with Crippen molar-refractivity contribution in [3.05, 3.63) is 84.2 Å². The number of anilines is 1. The van der Waals surface area contributed by atoms with Crippen molar-refractivity contribution in [2.45, 2.75) is 51.5 Å². The Morgan fingerprint density at radius 1 is 1.03 bits per heavy atom. The molecule has 6 nitrogen and oxygen atoms in total. The Kier molecular flexibility index (Phi) is 7.45. The van der Waals surface area contributed by atoms with Crippen molar-refractivity contribution >= 4 is 22.6 Å². The molecule has 1 fully saturated rings. The quantitative estimate of drug-likeness (QED) is 0.233. The number of methoxy groups -OCH3 is 1. The van der Waals surface area contributed by atoms with Crippen LogP contribution in [0.2, 0.25) is 0 Å².